The molecule has 8 heavy (non-hydrogen) atoms. The maximum Gasteiger partial charge on any atom is 0.127 e. The van der Waals surface area contributed by atoms with Crippen LogP contribution in [-0.4, -0.2) is 6.29 Å². The summed E-state index contributed by atoms with van der Waals surface area (Å²) < 4.78 is 0.717. The van der Waals surface area contributed by atoms with E-state index in [4.69, 9.17) is 11.6 Å². The molecule has 3 heteroatoms. The van der Waals surface area contributed by atoms with Crippen LogP contribution in [0.3, 0.4) is 0 Å². The molecule has 0 aliphatic carbocycles. The maximum absolute atomic E-state index is 9.98. The molecule has 0 N–H and O–H groups in total. The smallest absolute Gasteiger partial charge is 0.127 e. The summed E-state index contributed by atoms with van der Waals surface area (Å²) in [6.45, 7) is 1.76. The number of halogens is 2. The molecule has 0 aromatic heterocycles. The maximum atomic E-state index is 9.98. The van der Waals surface area contributed by atoms with E-state index in [9.17, 15) is 4.79 Å². The molecule has 0 spiro atoms. The third-order valence-corrected chi connectivity index (χ3v) is 2.19. The van der Waals surface area contributed by atoms with Crippen LogP contribution < -0.4 is 0 Å². The second-order valence-corrected chi connectivity index (χ2v) is 2.55. The van der Waals surface area contributed by atoms with E-state index in [1.165, 1.54) is 5.54 Å². The van der Waals surface area contributed by atoms with E-state index in [1.807, 2.05) is 0 Å². The van der Waals surface area contributed by atoms with E-state index in [-0.39, 0.29) is 5.92 Å². The van der Waals surface area contributed by atoms with Gasteiger partial charge in [-0.15, -0.1) is 0 Å². The van der Waals surface area contributed by atoms with Gasteiger partial charge >= 0.3 is 0 Å². The molecule has 0 aromatic rings. The quantitative estimate of drug-likeness (QED) is 0.621. The molecule has 0 fully saturated rings. The van der Waals surface area contributed by atoms with Crippen molar-refractivity contribution in [2.24, 2.45) is 5.92 Å². The van der Waals surface area contributed by atoms with Crippen molar-refractivity contribution >= 4 is 33.8 Å². The number of carbonyl (C=O) groups excluding carboxylic acids is 1. The number of aldehydes is 1. The highest BCUT2D eigenvalue weighted by molar-refractivity contribution is 9.11. The lowest BCUT2D eigenvalue weighted by atomic mass is 10.2. The largest absolute Gasteiger partial charge is 0.303 e. The van der Waals surface area contributed by atoms with Crippen molar-refractivity contribution in [2.75, 3.05) is 0 Å². The summed E-state index contributed by atoms with van der Waals surface area (Å²) in [6, 6.07) is 0. The average Bonchev–Trinajstić information content (AvgIpc) is 1.84. The zero-order valence-electron chi connectivity index (χ0n) is 4.40. The van der Waals surface area contributed by atoms with Crippen molar-refractivity contribution in [1.82, 2.24) is 0 Å². The molecule has 0 heterocycles. The molecule has 0 aliphatic rings. The highest BCUT2D eigenvalue weighted by atomic mass is 79.9. The van der Waals surface area contributed by atoms with Gasteiger partial charge < -0.3 is 4.79 Å². The molecule has 0 amide bonds. The van der Waals surface area contributed by atoms with E-state index in [0.29, 0.717) is 4.48 Å². The van der Waals surface area contributed by atoms with Crippen molar-refractivity contribution in [3.05, 3.63) is 10.0 Å². The van der Waals surface area contributed by atoms with E-state index in [1.54, 1.807) is 6.92 Å². The van der Waals surface area contributed by atoms with Crippen LogP contribution in [0.15, 0.2) is 10.0 Å². The normalized spacial score (nSPS) is 15.6. The van der Waals surface area contributed by atoms with Crippen LogP contribution in [-0.2, 0) is 4.79 Å². The Morgan fingerprint density at radius 1 is 1.88 bits per heavy atom. The van der Waals surface area contributed by atoms with Gasteiger partial charge in [0.15, 0.2) is 0 Å². The van der Waals surface area contributed by atoms with Crippen LogP contribution in [0.2, 0.25) is 0 Å². The van der Waals surface area contributed by atoms with Crippen LogP contribution in [0.25, 0.3) is 0 Å². The summed E-state index contributed by atoms with van der Waals surface area (Å²) in [5.74, 6) is -0.118. The van der Waals surface area contributed by atoms with E-state index >= 15 is 0 Å². The van der Waals surface area contributed by atoms with Gasteiger partial charge in [-0.05, 0) is 0 Å². The molecule has 1 atom stereocenters. The fourth-order valence-corrected chi connectivity index (χ4v) is 0.471. The zero-order valence-corrected chi connectivity index (χ0v) is 6.74. The first-order chi connectivity index (χ1) is 3.72. The molecule has 0 bridgehead atoms. The Morgan fingerprint density at radius 2 is 2.38 bits per heavy atom. The van der Waals surface area contributed by atoms with E-state index in [0.717, 1.165) is 6.29 Å². The van der Waals surface area contributed by atoms with E-state index in [2.05, 4.69) is 15.9 Å². The number of hydrogen-bond acceptors (Lipinski definition) is 1. The van der Waals surface area contributed by atoms with Gasteiger partial charge in [0.1, 0.15) is 6.29 Å². The minimum Gasteiger partial charge on any atom is -0.303 e. The molecule has 0 aliphatic heterocycles. The van der Waals surface area contributed by atoms with Crippen molar-refractivity contribution in [2.45, 2.75) is 6.92 Å². The molecule has 0 radical (unpaired) electrons. The van der Waals surface area contributed by atoms with Gasteiger partial charge in [0, 0.05) is 15.9 Å². The van der Waals surface area contributed by atoms with Crippen molar-refractivity contribution in [3.63, 3.8) is 0 Å². The van der Waals surface area contributed by atoms with Gasteiger partial charge in [-0.3, -0.25) is 0 Å². The highest BCUT2D eigenvalue weighted by Gasteiger charge is 2.00. The van der Waals surface area contributed by atoms with Crippen molar-refractivity contribution in [1.29, 1.82) is 0 Å². The van der Waals surface area contributed by atoms with Crippen LogP contribution >= 0.6 is 27.5 Å². The van der Waals surface area contributed by atoms with Crippen LogP contribution in [0.5, 0.6) is 0 Å². The SMILES string of the molecule is CC(C=O)/C(Br)=C/Cl. The molecule has 46 valence electrons. The Kier molecular flexibility index (Phi) is 4.19. The number of rotatable bonds is 2. The van der Waals surface area contributed by atoms with Gasteiger partial charge in [-0.2, -0.15) is 0 Å². The Balaban J connectivity index is 3.81. The predicted molar refractivity (Wildman–Crippen MR) is 38.1 cm³/mol. The standard InChI is InChI=1S/C5H6BrClO/c1-4(3-8)5(6)2-7/h2-4H,1H3/b5-2-. The fraction of sp³-hybridized carbons (Fsp3) is 0.400. The Bertz CT molecular complexity index is 111. The molecular formula is C5H6BrClO. The lowest BCUT2D eigenvalue weighted by Crippen LogP contribution is -1.92. The Labute approximate surface area is 61.8 Å². The van der Waals surface area contributed by atoms with E-state index < -0.39 is 0 Å². The second kappa shape index (κ2) is 4.10. The molecule has 1 nitrogen and oxygen atoms in total. The number of hydrogen-bond donors (Lipinski definition) is 0. The van der Waals surface area contributed by atoms with Crippen LogP contribution in [0.1, 0.15) is 6.92 Å². The zero-order chi connectivity index (χ0) is 6.57. The molecule has 0 rings (SSSR count). The summed E-state index contributed by atoms with van der Waals surface area (Å²) >= 11 is 8.36. The predicted octanol–water partition coefficient (Wildman–Crippen LogP) is 2.30. The molecule has 0 saturated heterocycles. The first-order valence-corrected chi connectivity index (χ1v) is 3.36. The lowest BCUT2D eigenvalue weighted by molar-refractivity contribution is -0.109. The first kappa shape index (κ1) is 8.18. The summed E-state index contributed by atoms with van der Waals surface area (Å²) in [7, 11) is 0. The monoisotopic (exact) mass is 196 g/mol. The number of carbonyl (C=O) groups is 1. The topological polar surface area (TPSA) is 17.1 Å². The van der Waals surface area contributed by atoms with Gasteiger partial charge in [-0.1, -0.05) is 34.5 Å². The summed E-state index contributed by atoms with van der Waals surface area (Å²) in [4.78, 5) is 9.98. The highest BCUT2D eigenvalue weighted by Crippen LogP contribution is 2.15. The second-order valence-electron chi connectivity index (χ2n) is 1.42. The molecule has 1 unspecified atom stereocenters. The van der Waals surface area contributed by atoms with Gasteiger partial charge in [0.05, 0.1) is 0 Å². The van der Waals surface area contributed by atoms with Gasteiger partial charge in [-0.25, -0.2) is 0 Å². The van der Waals surface area contributed by atoms with Crippen molar-refractivity contribution < 1.29 is 4.79 Å². The third-order valence-electron chi connectivity index (χ3n) is 0.743. The average molecular weight is 197 g/mol. The molecule has 0 aromatic carbocycles. The van der Waals surface area contributed by atoms with Crippen LogP contribution in [0.4, 0.5) is 0 Å². The van der Waals surface area contributed by atoms with Crippen molar-refractivity contribution in [3.8, 4) is 0 Å². The fourth-order valence-electron chi connectivity index (χ4n) is 0.164. The number of allylic oxidation sites excluding steroid dienone is 1. The molecule has 0 saturated carbocycles. The minimum atomic E-state index is -0.118. The summed E-state index contributed by atoms with van der Waals surface area (Å²) in [5, 5.41) is 0. The van der Waals surface area contributed by atoms with Gasteiger partial charge in [0.25, 0.3) is 0 Å². The summed E-state index contributed by atoms with van der Waals surface area (Å²) in [5.41, 5.74) is 1.35. The minimum absolute atomic E-state index is 0.118. The first-order valence-electron chi connectivity index (χ1n) is 2.13. The lowest BCUT2D eigenvalue weighted by Gasteiger charge is -1.95. The van der Waals surface area contributed by atoms with Crippen LogP contribution in [0, 0.1) is 5.92 Å². The third kappa shape index (κ3) is 2.48. The molecular weight excluding hydrogens is 191 g/mol. The Hall–Kier alpha value is 0.180. The Morgan fingerprint density at radius 3 is 2.50 bits per heavy atom. The van der Waals surface area contributed by atoms with Gasteiger partial charge in [0.2, 0.25) is 0 Å². The summed E-state index contributed by atoms with van der Waals surface area (Å²) in [6.07, 6.45) is 0.822.